The Hall–Kier alpha value is -2.03. The molecule has 0 bridgehead atoms. The summed E-state index contributed by atoms with van der Waals surface area (Å²) >= 11 is 0. The van der Waals surface area contributed by atoms with Crippen LogP contribution in [0.5, 0.6) is 0 Å². The highest BCUT2D eigenvalue weighted by Gasteiger charge is 2.10. The molecular weight excluding hydrogens is 190 g/mol. The number of hydrogen-bond donors (Lipinski definition) is 1. The van der Waals surface area contributed by atoms with Crippen molar-refractivity contribution in [1.82, 2.24) is 0 Å². The molecule has 1 aliphatic carbocycles. The van der Waals surface area contributed by atoms with Gasteiger partial charge >= 0.3 is 0 Å². The fourth-order valence-corrected chi connectivity index (χ4v) is 1.51. The van der Waals surface area contributed by atoms with Gasteiger partial charge in [0.15, 0.2) is 0 Å². The zero-order chi connectivity index (χ0) is 10.8. The normalized spacial score (nSPS) is 13.7. The quantitative estimate of drug-likeness (QED) is 0.255. The summed E-state index contributed by atoms with van der Waals surface area (Å²) in [5.41, 5.74) is 0.952. The molecule has 0 atom stereocenters. The van der Waals surface area contributed by atoms with Crippen LogP contribution in [0.3, 0.4) is 0 Å². The summed E-state index contributed by atoms with van der Waals surface area (Å²) in [6.07, 6.45) is 1.99. The molecule has 76 valence electrons. The van der Waals surface area contributed by atoms with Gasteiger partial charge in [0.25, 0.3) is 0 Å². The second kappa shape index (κ2) is 3.61. The molecule has 3 heteroatoms. The summed E-state index contributed by atoms with van der Waals surface area (Å²) in [5, 5.41) is 13.7. The lowest BCUT2D eigenvalue weighted by molar-refractivity contribution is 0.292. The molecule has 0 amide bonds. The molecule has 0 fully saturated rings. The van der Waals surface area contributed by atoms with Gasteiger partial charge in [-0.25, -0.2) is 0 Å². The highest BCUT2D eigenvalue weighted by Crippen LogP contribution is 2.13. The largest absolute Gasteiger partial charge is 0.440 e. The standard InChI is InChI=1S/C12H11NO2/c1-8(15-9(2)13-14)12-7-10-5-3-4-6-11(10)12/h3-7,14H,1H2,2H3/b13-9+. The Kier molecular flexibility index (Phi) is 2.29. The van der Waals surface area contributed by atoms with Gasteiger partial charge in [-0.05, 0) is 16.5 Å². The van der Waals surface area contributed by atoms with E-state index in [0.717, 1.165) is 10.8 Å². The van der Waals surface area contributed by atoms with Gasteiger partial charge in [-0.3, -0.25) is 0 Å². The number of allylic oxidation sites excluding steroid dienone is 1. The van der Waals surface area contributed by atoms with Crippen LogP contribution < -0.4 is 10.4 Å². The maximum absolute atomic E-state index is 8.45. The monoisotopic (exact) mass is 201 g/mol. The van der Waals surface area contributed by atoms with Gasteiger partial charge in [-0.15, -0.1) is 0 Å². The predicted molar refractivity (Wildman–Crippen MR) is 58.7 cm³/mol. The van der Waals surface area contributed by atoms with Gasteiger partial charge in [0.05, 0.1) is 0 Å². The number of nitrogens with zero attached hydrogens (tertiary/aromatic N) is 1. The van der Waals surface area contributed by atoms with E-state index in [-0.39, 0.29) is 5.90 Å². The van der Waals surface area contributed by atoms with Crippen LogP contribution in [0, 0.1) is 0 Å². The predicted octanol–water partition coefficient (Wildman–Crippen LogP) is 0.969. The number of rotatable bonds is 2. The summed E-state index contributed by atoms with van der Waals surface area (Å²) < 4.78 is 5.20. The first-order chi connectivity index (χ1) is 7.22. The third-order valence-electron chi connectivity index (χ3n) is 2.26. The van der Waals surface area contributed by atoms with E-state index >= 15 is 0 Å². The van der Waals surface area contributed by atoms with Gasteiger partial charge < -0.3 is 9.94 Å². The average Bonchev–Trinajstić information content (AvgIpc) is 2.19. The molecule has 0 unspecified atom stereocenters. The average molecular weight is 201 g/mol. The van der Waals surface area contributed by atoms with Crippen molar-refractivity contribution in [3.8, 4) is 0 Å². The SMILES string of the molecule is C=C(O/C(C)=N/O)C1=c2ccccc2=C1. The van der Waals surface area contributed by atoms with Crippen LogP contribution in [0.4, 0.5) is 0 Å². The van der Waals surface area contributed by atoms with Gasteiger partial charge in [0.1, 0.15) is 5.76 Å². The highest BCUT2D eigenvalue weighted by atomic mass is 16.5. The first-order valence-electron chi connectivity index (χ1n) is 4.59. The van der Waals surface area contributed by atoms with E-state index in [9.17, 15) is 0 Å². The molecule has 0 saturated carbocycles. The van der Waals surface area contributed by atoms with E-state index in [0.29, 0.717) is 5.76 Å². The van der Waals surface area contributed by atoms with E-state index in [2.05, 4.69) is 11.7 Å². The summed E-state index contributed by atoms with van der Waals surface area (Å²) in [6.45, 7) is 5.35. The van der Waals surface area contributed by atoms with Crippen LogP contribution in [-0.2, 0) is 4.74 Å². The highest BCUT2D eigenvalue weighted by molar-refractivity contribution is 5.92. The van der Waals surface area contributed by atoms with Crippen molar-refractivity contribution in [2.24, 2.45) is 5.16 Å². The Balaban J connectivity index is 2.29. The topological polar surface area (TPSA) is 41.8 Å². The summed E-state index contributed by atoms with van der Waals surface area (Å²) in [7, 11) is 0. The molecule has 1 N–H and O–H groups in total. The minimum atomic E-state index is 0.185. The number of ether oxygens (including phenoxy) is 1. The van der Waals surface area contributed by atoms with Crippen molar-refractivity contribution in [1.29, 1.82) is 0 Å². The van der Waals surface area contributed by atoms with E-state index in [1.807, 2.05) is 30.3 Å². The Bertz CT molecular complexity index is 555. The molecule has 1 aliphatic rings. The Labute approximate surface area is 87.3 Å². The Morgan fingerprint density at radius 3 is 2.80 bits per heavy atom. The number of oxime groups is 1. The lowest BCUT2D eigenvalue weighted by atomic mass is 9.99. The minimum absolute atomic E-state index is 0.185. The number of benzene rings is 1. The van der Waals surface area contributed by atoms with Crippen LogP contribution in [0.25, 0.3) is 11.6 Å². The molecule has 0 heterocycles. The van der Waals surface area contributed by atoms with Crippen molar-refractivity contribution in [3.05, 3.63) is 47.0 Å². The second-order valence-electron chi connectivity index (χ2n) is 3.29. The molecule has 3 nitrogen and oxygen atoms in total. The number of fused-ring (bicyclic) bond motifs is 1. The lowest BCUT2D eigenvalue weighted by Gasteiger charge is -2.13. The fourth-order valence-electron chi connectivity index (χ4n) is 1.51. The Morgan fingerprint density at radius 2 is 2.13 bits per heavy atom. The first kappa shape index (κ1) is 9.52. The third-order valence-corrected chi connectivity index (χ3v) is 2.26. The fraction of sp³-hybridized carbons (Fsp3) is 0.0833. The molecule has 0 radical (unpaired) electrons. The maximum Gasteiger partial charge on any atom is 0.227 e. The molecule has 1 aromatic carbocycles. The lowest BCUT2D eigenvalue weighted by Crippen LogP contribution is -2.34. The summed E-state index contributed by atoms with van der Waals surface area (Å²) in [4.78, 5) is 0. The summed E-state index contributed by atoms with van der Waals surface area (Å²) in [5.74, 6) is 0.689. The molecule has 0 aromatic heterocycles. The molecule has 0 spiro atoms. The molecule has 0 aliphatic heterocycles. The van der Waals surface area contributed by atoms with Gasteiger partial charge in [0, 0.05) is 12.5 Å². The zero-order valence-electron chi connectivity index (χ0n) is 8.40. The van der Waals surface area contributed by atoms with Crippen LogP contribution in [0.1, 0.15) is 6.92 Å². The zero-order valence-corrected chi connectivity index (χ0v) is 8.40. The van der Waals surface area contributed by atoms with Crippen LogP contribution in [0.15, 0.2) is 41.8 Å². The third kappa shape index (κ3) is 1.64. The molecule has 1 aromatic rings. The van der Waals surface area contributed by atoms with E-state index < -0.39 is 0 Å². The van der Waals surface area contributed by atoms with E-state index in [1.165, 1.54) is 5.22 Å². The van der Waals surface area contributed by atoms with Crippen LogP contribution in [0.2, 0.25) is 0 Å². The maximum atomic E-state index is 8.45. The minimum Gasteiger partial charge on any atom is -0.440 e. The second-order valence-corrected chi connectivity index (χ2v) is 3.29. The smallest absolute Gasteiger partial charge is 0.227 e. The number of hydrogen-bond acceptors (Lipinski definition) is 3. The Morgan fingerprint density at radius 1 is 1.40 bits per heavy atom. The molecule has 15 heavy (non-hydrogen) atoms. The van der Waals surface area contributed by atoms with Crippen molar-refractivity contribution in [2.75, 3.05) is 0 Å². The van der Waals surface area contributed by atoms with Crippen molar-refractivity contribution < 1.29 is 9.94 Å². The van der Waals surface area contributed by atoms with Crippen LogP contribution in [-0.4, -0.2) is 11.1 Å². The van der Waals surface area contributed by atoms with E-state index in [1.54, 1.807) is 6.92 Å². The molecular formula is C12H11NO2. The van der Waals surface area contributed by atoms with Gasteiger partial charge in [-0.2, -0.15) is 0 Å². The summed E-state index contributed by atoms with van der Waals surface area (Å²) in [6, 6.07) is 7.98. The van der Waals surface area contributed by atoms with Crippen molar-refractivity contribution >= 4 is 17.5 Å². The first-order valence-corrected chi connectivity index (χ1v) is 4.59. The molecule has 2 rings (SSSR count). The molecule has 0 saturated heterocycles. The van der Waals surface area contributed by atoms with Gasteiger partial charge in [0.2, 0.25) is 5.90 Å². The van der Waals surface area contributed by atoms with Crippen molar-refractivity contribution in [3.63, 3.8) is 0 Å². The van der Waals surface area contributed by atoms with Crippen LogP contribution >= 0.6 is 0 Å². The van der Waals surface area contributed by atoms with Gasteiger partial charge in [-0.1, -0.05) is 36.0 Å². The van der Waals surface area contributed by atoms with E-state index in [4.69, 9.17) is 9.94 Å². The van der Waals surface area contributed by atoms with Crippen molar-refractivity contribution in [2.45, 2.75) is 6.92 Å².